The Hall–Kier alpha value is -1.69. The van der Waals surface area contributed by atoms with Crippen molar-refractivity contribution < 1.29 is 4.79 Å². The summed E-state index contributed by atoms with van der Waals surface area (Å²) in [6, 6.07) is -0.0778. The molecule has 0 aromatic carbocycles. The monoisotopic (exact) mass is 303 g/mol. The van der Waals surface area contributed by atoms with E-state index >= 15 is 0 Å². The minimum atomic E-state index is -0.0778. The van der Waals surface area contributed by atoms with E-state index in [0.717, 1.165) is 57.0 Å². The molecular formula is C16H25N5O. The summed E-state index contributed by atoms with van der Waals surface area (Å²) >= 11 is 0. The average molecular weight is 303 g/mol. The zero-order valence-corrected chi connectivity index (χ0v) is 13.7. The predicted octanol–water partition coefficient (Wildman–Crippen LogP) is 0.912. The third kappa shape index (κ3) is 2.67. The maximum atomic E-state index is 12.4. The number of fused-ring (bicyclic) bond motifs is 1. The van der Waals surface area contributed by atoms with E-state index in [-0.39, 0.29) is 11.9 Å². The SMILES string of the molecule is CCN1CCc2ncnc(N3CCCC3C(=O)N(C)C)c2C1. The van der Waals surface area contributed by atoms with Gasteiger partial charge in [0.1, 0.15) is 18.2 Å². The van der Waals surface area contributed by atoms with Crippen molar-refractivity contribution in [1.82, 2.24) is 19.8 Å². The largest absolute Gasteiger partial charge is 0.347 e. The highest BCUT2D eigenvalue weighted by molar-refractivity contribution is 5.85. The number of nitrogens with zero attached hydrogens (tertiary/aromatic N) is 5. The molecule has 1 fully saturated rings. The summed E-state index contributed by atoms with van der Waals surface area (Å²) in [6.07, 6.45) is 4.58. The van der Waals surface area contributed by atoms with Crippen LogP contribution in [0.3, 0.4) is 0 Å². The number of hydrogen-bond acceptors (Lipinski definition) is 5. The van der Waals surface area contributed by atoms with Crippen LogP contribution in [0.15, 0.2) is 6.33 Å². The Kier molecular flexibility index (Phi) is 4.29. The summed E-state index contributed by atoms with van der Waals surface area (Å²) in [5.74, 6) is 1.15. The van der Waals surface area contributed by atoms with E-state index in [1.165, 1.54) is 5.56 Å². The molecule has 1 saturated heterocycles. The van der Waals surface area contributed by atoms with Gasteiger partial charge in [-0.3, -0.25) is 9.69 Å². The van der Waals surface area contributed by atoms with Crippen LogP contribution in [0.2, 0.25) is 0 Å². The van der Waals surface area contributed by atoms with E-state index in [9.17, 15) is 4.79 Å². The van der Waals surface area contributed by atoms with E-state index < -0.39 is 0 Å². The third-order valence-corrected chi connectivity index (χ3v) is 4.76. The molecule has 0 bridgehead atoms. The van der Waals surface area contributed by atoms with Gasteiger partial charge in [0.05, 0.1) is 5.69 Å². The molecule has 1 aromatic rings. The number of carbonyl (C=O) groups excluding carboxylic acids is 1. The molecule has 1 amide bonds. The van der Waals surface area contributed by atoms with Gasteiger partial charge in [0.2, 0.25) is 5.91 Å². The van der Waals surface area contributed by atoms with Gasteiger partial charge in [-0.15, -0.1) is 0 Å². The molecule has 22 heavy (non-hydrogen) atoms. The predicted molar refractivity (Wildman–Crippen MR) is 85.7 cm³/mol. The van der Waals surface area contributed by atoms with Crippen molar-refractivity contribution in [1.29, 1.82) is 0 Å². The van der Waals surface area contributed by atoms with Crippen molar-refractivity contribution in [3.8, 4) is 0 Å². The van der Waals surface area contributed by atoms with Gasteiger partial charge < -0.3 is 9.80 Å². The second-order valence-electron chi connectivity index (χ2n) is 6.33. The van der Waals surface area contributed by atoms with Crippen LogP contribution in [0.25, 0.3) is 0 Å². The maximum absolute atomic E-state index is 12.4. The summed E-state index contributed by atoms with van der Waals surface area (Å²) in [4.78, 5) is 27.8. The summed E-state index contributed by atoms with van der Waals surface area (Å²) in [5, 5.41) is 0. The minimum absolute atomic E-state index is 0.0778. The van der Waals surface area contributed by atoms with E-state index in [2.05, 4.69) is 26.7 Å². The minimum Gasteiger partial charge on any atom is -0.347 e. The molecule has 1 atom stereocenters. The quantitative estimate of drug-likeness (QED) is 0.831. The second kappa shape index (κ2) is 6.20. The number of hydrogen-bond donors (Lipinski definition) is 0. The molecule has 120 valence electrons. The lowest BCUT2D eigenvalue weighted by Crippen LogP contribution is -2.44. The van der Waals surface area contributed by atoms with Crippen LogP contribution in [0.5, 0.6) is 0 Å². The smallest absolute Gasteiger partial charge is 0.244 e. The Morgan fingerprint density at radius 2 is 2.18 bits per heavy atom. The summed E-state index contributed by atoms with van der Waals surface area (Å²) in [7, 11) is 3.65. The lowest BCUT2D eigenvalue weighted by Gasteiger charge is -2.33. The van der Waals surface area contributed by atoms with Crippen molar-refractivity contribution in [2.75, 3.05) is 38.6 Å². The zero-order chi connectivity index (χ0) is 15.7. The van der Waals surface area contributed by atoms with Gasteiger partial charge in [0.25, 0.3) is 0 Å². The Balaban J connectivity index is 1.93. The molecule has 6 nitrogen and oxygen atoms in total. The Morgan fingerprint density at radius 3 is 2.91 bits per heavy atom. The fourth-order valence-corrected chi connectivity index (χ4v) is 3.47. The number of carbonyl (C=O) groups is 1. The highest BCUT2D eigenvalue weighted by Crippen LogP contribution is 2.31. The molecule has 0 saturated carbocycles. The third-order valence-electron chi connectivity index (χ3n) is 4.76. The van der Waals surface area contributed by atoms with E-state index in [0.29, 0.717) is 0 Å². The molecule has 0 N–H and O–H groups in total. The Bertz CT molecular complexity index is 559. The molecule has 1 aromatic heterocycles. The van der Waals surface area contributed by atoms with Crippen LogP contribution in [-0.4, -0.2) is 65.4 Å². The lowest BCUT2D eigenvalue weighted by molar-refractivity contribution is -0.129. The molecule has 3 heterocycles. The van der Waals surface area contributed by atoms with Crippen LogP contribution in [0, 0.1) is 0 Å². The average Bonchev–Trinajstić information content (AvgIpc) is 3.02. The maximum Gasteiger partial charge on any atom is 0.244 e. The lowest BCUT2D eigenvalue weighted by atomic mass is 10.1. The van der Waals surface area contributed by atoms with E-state index in [1.807, 2.05) is 14.1 Å². The number of likely N-dealkylation sites (N-methyl/N-ethyl adjacent to an activating group) is 2. The highest BCUT2D eigenvalue weighted by atomic mass is 16.2. The molecule has 6 heteroatoms. The van der Waals surface area contributed by atoms with Crippen molar-refractivity contribution >= 4 is 11.7 Å². The second-order valence-corrected chi connectivity index (χ2v) is 6.33. The summed E-state index contributed by atoms with van der Waals surface area (Å²) in [5.41, 5.74) is 2.37. The first-order valence-electron chi connectivity index (χ1n) is 8.14. The van der Waals surface area contributed by atoms with Crippen LogP contribution in [-0.2, 0) is 17.8 Å². The van der Waals surface area contributed by atoms with Crippen LogP contribution >= 0.6 is 0 Å². The van der Waals surface area contributed by atoms with E-state index in [4.69, 9.17) is 0 Å². The van der Waals surface area contributed by atoms with Crippen molar-refractivity contribution in [2.24, 2.45) is 0 Å². The van der Waals surface area contributed by atoms with Gasteiger partial charge in [-0.05, 0) is 19.4 Å². The zero-order valence-electron chi connectivity index (χ0n) is 13.7. The molecular weight excluding hydrogens is 278 g/mol. The molecule has 2 aliphatic heterocycles. The van der Waals surface area contributed by atoms with Crippen molar-refractivity contribution in [3.05, 3.63) is 17.6 Å². The first-order valence-corrected chi connectivity index (χ1v) is 8.14. The number of anilines is 1. The number of amides is 1. The van der Waals surface area contributed by atoms with Gasteiger partial charge in [-0.25, -0.2) is 9.97 Å². The molecule has 0 radical (unpaired) electrons. The molecule has 3 rings (SSSR count). The molecule has 1 unspecified atom stereocenters. The normalized spacial score (nSPS) is 21.8. The summed E-state index contributed by atoms with van der Waals surface area (Å²) < 4.78 is 0. The first-order chi connectivity index (χ1) is 10.6. The van der Waals surface area contributed by atoms with Crippen molar-refractivity contribution in [2.45, 2.75) is 38.8 Å². The highest BCUT2D eigenvalue weighted by Gasteiger charge is 2.35. The fourth-order valence-electron chi connectivity index (χ4n) is 3.47. The first kappa shape index (κ1) is 15.2. The van der Waals surface area contributed by atoms with E-state index in [1.54, 1.807) is 11.2 Å². The van der Waals surface area contributed by atoms with Gasteiger partial charge in [-0.1, -0.05) is 6.92 Å². The Labute approximate surface area is 132 Å². The van der Waals surface area contributed by atoms with Crippen LogP contribution in [0.1, 0.15) is 31.0 Å². The van der Waals surface area contributed by atoms with Gasteiger partial charge in [0, 0.05) is 45.7 Å². The van der Waals surface area contributed by atoms with Crippen LogP contribution < -0.4 is 4.90 Å². The van der Waals surface area contributed by atoms with Gasteiger partial charge in [-0.2, -0.15) is 0 Å². The van der Waals surface area contributed by atoms with Gasteiger partial charge in [0.15, 0.2) is 0 Å². The van der Waals surface area contributed by atoms with Gasteiger partial charge >= 0.3 is 0 Å². The van der Waals surface area contributed by atoms with Crippen LogP contribution in [0.4, 0.5) is 5.82 Å². The Morgan fingerprint density at radius 1 is 1.36 bits per heavy atom. The molecule has 2 aliphatic rings. The fraction of sp³-hybridized carbons (Fsp3) is 0.688. The molecule has 0 aliphatic carbocycles. The summed E-state index contributed by atoms with van der Waals surface area (Å²) in [6.45, 7) is 6.07. The topological polar surface area (TPSA) is 52.6 Å². The number of rotatable bonds is 3. The standard InChI is InChI=1S/C16H25N5O/c1-4-20-9-7-13-12(10-20)15(18-11-17-13)21-8-5-6-14(21)16(22)19(2)3/h11,14H,4-10H2,1-3H3. The number of aromatic nitrogens is 2. The van der Waals surface area contributed by atoms with Crippen molar-refractivity contribution in [3.63, 3.8) is 0 Å². The molecule has 0 spiro atoms.